The van der Waals surface area contributed by atoms with E-state index in [4.69, 9.17) is 11.6 Å². The molecule has 0 radical (unpaired) electrons. The molecule has 0 aliphatic carbocycles. The minimum Gasteiger partial charge on any atom is -0.403 e. The zero-order valence-corrected chi connectivity index (χ0v) is 30.7. The fraction of sp³-hybridized carbons (Fsp3) is 0.486. The number of allylic oxidation sites excluding steroid dienone is 2. The van der Waals surface area contributed by atoms with Gasteiger partial charge in [0.05, 0.1) is 24.1 Å². The number of hydrazine groups is 1. The fourth-order valence-corrected chi connectivity index (χ4v) is 4.29. The molecule has 1 aliphatic rings. The van der Waals surface area contributed by atoms with E-state index in [1.54, 1.807) is 36.4 Å². The van der Waals surface area contributed by atoms with E-state index >= 15 is 0 Å². The molecule has 0 amide bonds. The van der Waals surface area contributed by atoms with Gasteiger partial charge in [0.1, 0.15) is 0 Å². The highest BCUT2D eigenvalue weighted by atomic mass is 32.2. The van der Waals surface area contributed by atoms with Crippen molar-refractivity contribution < 1.29 is 31.1 Å². The van der Waals surface area contributed by atoms with Crippen molar-refractivity contribution in [2.45, 2.75) is 79.0 Å². The number of rotatable bonds is 9. The number of hydrogen-bond acceptors (Lipinski definition) is 7. The van der Waals surface area contributed by atoms with E-state index in [1.165, 1.54) is 42.4 Å². The monoisotopic (exact) mass is 707 g/mol. The maximum absolute atomic E-state index is 12.4. The van der Waals surface area contributed by atoms with Crippen LogP contribution in [0.25, 0.3) is 0 Å². The summed E-state index contributed by atoms with van der Waals surface area (Å²) in [5.74, 6) is 5.35. The highest BCUT2D eigenvalue weighted by Crippen LogP contribution is 2.34. The van der Waals surface area contributed by atoms with Crippen LogP contribution in [0.15, 0.2) is 92.3 Å². The first kappa shape index (κ1) is 51.4. The van der Waals surface area contributed by atoms with Crippen LogP contribution in [0.1, 0.15) is 78.4 Å². The van der Waals surface area contributed by atoms with E-state index in [9.17, 15) is 31.1 Å². The van der Waals surface area contributed by atoms with Crippen molar-refractivity contribution in [3.8, 4) is 0 Å². The predicted octanol–water partition coefficient (Wildman–Crippen LogP) is 8.11. The Hall–Kier alpha value is -3.39. The lowest BCUT2D eigenvalue weighted by atomic mass is 9.85. The number of nitrogens with two attached hydrogens (primary N) is 2. The van der Waals surface area contributed by atoms with E-state index in [0.717, 1.165) is 12.1 Å². The molecule has 0 unspecified atom stereocenters. The summed E-state index contributed by atoms with van der Waals surface area (Å²) in [6, 6.07) is 13.5. The Bertz CT molecular complexity index is 1140. The molecule has 13 heteroatoms. The zero-order chi connectivity index (χ0) is 38.1. The quantitative estimate of drug-likeness (QED) is 0.0770. The molecule has 3 rings (SSSR count). The van der Waals surface area contributed by atoms with Gasteiger partial charge in [-0.2, -0.15) is 13.2 Å². The van der Waals surface area contributed by atoms with Crippen molar-refractivity contribution in [3.63, 3.8) is 0 Å². The molecule has 0 spiro atoms. The highest BCUT2D eigenvalue weighted by molar-refractivity contribution is 7.92. The minimum absolute atomic E-state index is 0.108. The number of unbranched alkanes of at least 4 members (excludes halogenated alkanes) is 1. The molecule has 0 aromatic heterocycles. The van der Waals surface area contributed by atoms with Gasteiger partial charge in [0, 0.05) is 24.6 Å². The van der Waals surface area contributed by atoms with Crippen LogP contribution in [0.3, 0.4) is 0 Å². The minimum atomic E-state index is -4.32. The third kappa shape index (κ3) is 26.7. The lowest BCUT2D eigenvalue weighted by Crippen LogP contribution is -2.39. The molecule has 1 heterocycles. The number of hydrogen-bond donors (Lipinski definition) is 5. The van der Waals surface area contributed by atoms with Crippen LogP contribution in [-0.4, -0.2) is 51.1 Å². The molecule has 48 heavy (non-hydrogen) atoms. The average Bonchev–Trinajstić information content (AvgIpc) is 3.11. The molecule has 0 saturated carbocycles. The maximum Gasteiger partial charge on any atom is 0.416 e. The molecular weight excluding hydrogens is 646 g/mol. The number of anilines is 1. The first-order valence-corrected chi connectivity index (χ1v) is 17.6. The van der Waals surface area contributed by atoms with Gasteiger partial charge in [-0.1, -0.05) is 110 Å². The van der Waals surface area contributed by atoms with Crippen molar-refractivity contribution in [3.05, 3.63) is 103 Å². The van der Waals surface area contributed by atoms with Crippen molar-refractivity contribution in [1.29, 1.82) is 0 Å². The Balaban J connectivity index is -0.000000293. The predicted molar refractivity (Wildman–Crippen MR) is 196 cm³/mol. The second kappa shape index (κ2) is 32.2. The van der Waals surface area contributed by atoms with Crippen molar-refractivity contribution in [2.75, 3.05) is 37.3 Å². The molecule has 1 aliphatic heterocycles. The zero-order valence-electron chi connectivity index (χ0n) is 29.9. The summed E-state index contributed by atoms with van der Waals surface area (Å²) in [5.41, 5.74) is 4.55. The Morgan fingerprint density at radius 2 is 1.40 bits per heavy atom. The van der Waals surface area contributed by atoms with Crippen molar-refractivity contribution >= 4 is 15.7 Å². The van der Waals surface area contributed by atoms with Crippen LogP contribution < -0.4 is 21.6 Å². The van der Waals surface area contributed by atoms with E-state index < -0.39 is 27.4 Å². The van der Waals surface area contributed by atoms with E-state index in [1.807, 2.05) is 33.8 Å². The molecule has 0 bridgehead atoms. The third-order valence-electron chi connectivity index (χ3n) is 5.79. The van der Waals surface area contributed by atoms with Gasteiger partial charge in [0.2, 0.25) is 10.0 Å². The first-order valence-electron chi connectivity index (χ1n) is 16.0. The molecule has 2 aromatic rings. The SMILES string of the molecule is C=CC=C.CC.CC.CCCC.CF.N/C=C\N(N)CCS(=O)(=O)Nc1ccccc1.OC1(c2ccc(C(F)(F)F)cc2)CCNCC1. The molecule has 7 N–H and O–H groups in total. The molecule has 278 valence electrons. The second-order valence-electron chi connectivity index (χ2n) is 9.19. The number of para-hydroxylation sites is 1. The highest BCUT2D eigenvalue weighted by Gasteiger charge is 2.34. The van der Waals surface area contributed by atoms with Crippen LogP contribution >= 0.6 is 0 Å². The van der Waals surface area contributed by atoms with Crippen LogP contribution in [0, 0.1) is 0 Å². The Morgan fingerprint density at radius 1 is 0.938 bits per heavy atom. The van der Waals surface area contributed by atoms with Gasteiger partial charge in [-0.25, -0.2) is 14.3 Å². The molecular formula is C35H61F4N5O3S. The number of nitrogens with one attached hydrogen (secondary N) is 2. The van der Waals surface area contributed by atoms with Gasteiger partial charge in [0.25, 0.3) is 0 Å². The summed E-state index contributed by atoms with van der Waals surface area (Å²) in [4.78, 5) is 0. The number of piperidine rings is 1. The number of nitrogens with zero attached hydrogens (tertiary/aromatic N) is 1. The lowest BCUT2D eigenvalue weighted by Gasteiger charge is -2.33. The van der Waals surface area contributed by atoms with Gasteiger partial charge in [0.15, 0.2) is 0 Å². The number of halogens is 4. The summed E-state index contributed by atoms with van der Waals surface area (Å²) in [5, 5.41) is 14.6. The maximum atomic E-state index is 12.4. The molecule has 1 saturated heterocycles. The largest absolute Gasteiger partial charge is 0.416 e. The van der Waals surface area contributed by atoms with Crippen LogP contribution in [0.2, 0.25) is 0 Å². The van der Waals surface area contributed by atoms with E-state index in [2.05, 4.69) is 37.0 Å². The Kier molecular flexibility index (Phi) is 34.5. The summed E-state index contributed by atoms with van der Waals surface area (Å²) in [7, 11) is -2.89. The summed E-state index contributed by atoms with van der Waals surface area (Å²) >= 11 is 0. The summed E-state index contributed by atoms with van der Waals surface area (Å²) < 4.78 is 72.4. The summed E-state index contributed by atoms with van der Waals surface area (Å²) in [6.45, 7) is 20.6. The van der Waals surface area contributed by atoms with Gasteiger partial charge in [-0.15, -0.1) is 0 Å². The van der Waals surface area contributed by atoms with E-state index in [0.29, 0.717) is 44.4 Å². The Morgan fingerprint density at radius 3 is 1.77 bits per heavy atom. The van der Waals surface area contributed by atoms with Crippen molar-refractivity contribution in [1.82, 2.24) is 10.3 Å². The average molecular weight is 708 g/mol. The first-order chi connectivity index (χ1) is 22.8. The van der Waals surface area contributed by atoms with Crippen LogP contribution in [0.4, 0.5) is 23.2 Å². The Labute approximate surface area is 288 Å². The molecule has 1 fully saturated rings. The lowest BCUT2D eigenvalue weighted by molar-refractivity contribution is -0.137. The smallest absolute Gasteiger partial charge is 0.403 e. The molecule has 0 atom stereocenters. The van der Waals surface area contributed by atoms with Gasteiger partial charge in [-0.05, 0) is 55.8 Å². The fourth-order valence-electron chi connectivity index (χ4n) is 3.25. The third-order valence-corrected chi connectivity index (χ3v) is 7.06. The standard InChI is InChI=1S/C12H14F3NO.C10H16N4O2S.C4H10.C4H6.2C2H6.CH3F/c13-12(14,15)10-3-1-9(2-4-10)11(17)5-7-16-8-6-11;11-6-7-14(12)8-9-17(15,16)13-10-4-2-1-3-5-10;2*1-3-4-2;3*1-2/h1-4,16-17H,5-8H2;1-7,13H,8-9,11-12H2;3-4H2,1-2H3;3-4H,1-2H2;2*1-2H3;1H3/b;7-6-;;;;;. The second-order valence-corrected chi connectivity index (χ2v) is 11.0. The van der Waals surface area contributed by atoms with Crippen molar-refractivity contribution in [2.24, 2.45) is 11.6 Å². The van der Waals surface area contributed by atoms with Gasteiger partial charge >= 0.3 is 6.18 Å². The topological polar surface area (TPSA) is 134 Å². The van der Waals surface area contributed by atoms with Crippen LogP contribution in [0.5, 0.6) is 0 Å². The molecule has 8 nitrogen and oxygen atoms in total. The molecule has 2 aromatic carbocycles. The number of alkyl halides is 4. The summed E-state index contributed by atoms with van der Waals surface area (Å²) in [6.07, 6.45) is 5.29. The number of benzene rings is 2. The van der Waals surface area contributed by atoms with E-state index in [-0.39, 0.29) is 12.3 Å². The van der Waals surface area contributed by atoms with Crippen LogP contribution in [-0.2, 0) is 21.8 Å². The number of sulfonamides is 1. The normalized spacial score (nSPS) is 12.7. The number of aliphatic hydroxyl groups is 1. The van der Waals surface area contributed by atoms with Gasteiger partial charge < -0.3 is 21.2 Å². The van der Waals surface area contributed by atoms with Gasteiger partial charge in [-0.3, -0.25) is 9.11 Å².